The third-order valence-corrected chi connectivity index (χ3v) is 6.90. The molecule has 2 aliphatic heterocycles. The van der Waals surface area contributed by atoms with Gasteiger partial charge in [-0.2, -0.15) is 0 Å². The normalized spacial score (nSPS) is 23.4. The van der Waals surface area contributed by atoms with Crippen molar-refractivity contribution in [2.45, 2.75) is 18.9 Å². The highest BCUT2D eigenvalue weighted by atomic mass is 35.5. The Morgan fingerprint density at radius 1 is 1.46 bits per heavy atom. The lowest BCUT2D eigenvalue weighted by atomic mass is 10.3. The van der Waals surface area contributed by atoms with Crippen LogP contribution in [0.4, 0.5) is 5.82 Å². The fraction of sp³-hybridized carbons (Fsp3) is 0.625. The van der Waals surface area contributed by atoms with Crippen LogP contribution in [0.25, 0.3) is 0 Å². The lowest BCUT2D eigenvalue weighted by Gasteiger charge is -2.21. The van der Waals surface area contributed by atoms with Crippen molar-refractivity contribution >= 4 is 33.4 Å². The van der Waals surface area contributed by atoms with Gasteiger partial charge in [-0.1, -0.05) is 11.6 Å². The van der Waals surface area contributed by atoms with Crippen molar-refractivity contribution in [3.63, 3.8) is 0 Å². The molecule has 2 aliphatic rings. The highest BCUT2D eigenvalue weighted by Gasteiger charge is 2.28. The smallest absolute Gasteiger partial charge is 0.214 e. The topological polar surface area (TPSA) is 89.9 Å². The average Bonchev–Trinajstić information content (AvgIpc) is 3.21. The average molecular weight is 401 g/mol. The number of aromatic nitrogens is 1. The van der Waals surface area contributed by atoms with Crippen LogP contribution in [0, 0.1) is 0 Å². The first-order chi connectivity index (χ1) is 12.5. The summed E-state index contributed by atoms with van der Waals surface area (Å²) in [6.07, 6.45) is 3.41. The van der Waals surface area contributed by atoms with Crippen LogP contribution in [-0.2, 0) is 10.0 Å². The Kier molecular flexibility index (Phi) is 6.20. The molecule has 1 unspecified atom stereocenters. The van der Waals surface area contributed by atoms with E-state index in [0.717, 1.165) is 25.3 Å². The summed E-state index contributed by atoms with van der Waals surface area (Å²) in [6, 6.07) is 3.90. The standard InChI is InChI=1S/C16H25ClN6O2S/c1-18-16(20-7-10-23-8-3-11-26(23,24)25)21-13-5-9-22(12-13)15-14(17)4-2-6-19-15/h2,4,6,13H,3,5,7-12H2,1H3,(H2,18,20,21). The molecule has 10 heteroatoms. The molecule has 8 nitrogen and oxygen atoms in total. The summed E-state index contributed by atoms with van der Waals surface area (Å²) >= 11 is 6.22. The van der Waals surface area contributed by atoms with Crippen LogP contribution in [0.1, 0.15) is 12.8 Å². The number of nitrogens with zero attached hydrogens (tertiary/aromatic N) is 4. The first-order valence-electron chi connectivity index (χ1n) is 8.80. The molecule has 0 saturated carbocycles. The zero-order chi connectivity index (χ0) is 18.6. The van der Waals surface area contributed by atoms with Crippen molar-refractivity contribution in [1.82, 2.24) is 19.9 Å². The number of pyridine rings is 1. The number of aliphatic imine (C=N–C) groups is 1. The molecular formula is C16H25ClN6O2S. The largest absolute Gasteiger partial charge is 0.355 e. The summed E-state index contributed by atoms with van der Waals surface area (Å²) in [4.78, 5) is 10.7. The van der Waals surface area contributed by atoms with Crippen molar-refractivity contribution in [3.05, 3.63) is 23.4 Å². The van der Waals surface area contributed by atoms with Gasteiger partial charge in [-0.25, -0.2) is 17.7 Å². The summed E-state index contributed by atoms with van der Waals surface area (Å²) in [5.74, 6) is 1.75. The number of guanidine groups is 1. The molecule has 0 bridgehead atoms. The molecule has 144 valence electrons. The van der Waals surface area contributed by atoms with Crippen molar-refractivity contribution in [1.29, 1.82) is 0 Å². The molecule has 3 rings (SSSR count). The Hall–Kier alpha value is -1.58. The molecule has 0 aliphatic carbocycles. The minimum absolute atomic E-state index is 0.231. The van der Waals surface area contributed by atoms with Gasteiger partial charge in [-0.05, 0) is 25.0 Å². The molecule has 2 saturated heterocycles. The van der Waals surface area contributed by atoms with E-state index in [9.17, 15) is 8.42 Å². The monoisotopic (exact) mass is 400 g/mol. The van der Waals surface area contributed by atoms with Gasteiger partial charge in [0.15, 0.2) is 5.96 Å². The van der Waals surface area contributed by atoms with Gasteiger partial charge in [0.2, 0.25) is 10.0 Å². The number of rotatable bonds is 5. The Morgan fingerprint density at radius 3 is 3.00 bits per heavy atom. The molecule has 2 N–H and O–H groups in total. The summed E-state index contributed by atoms with van der Waals surface area (Å²) < 4.78 is 25.2. The number of anilines is 1. The molecule has 0 aromatic carbocycles. The fourth-order valence-electron chi connectivity index (χ4n) is 3.31. The molecule has 0 radical (unpaired) electrons. The molecule has 0 amide bonds. The lowest BCUT2D eigenvalue weighted by Crippen LogP contribution is -2.46. The Bertz CT molecular complexity index is 757. The van der Waals surface area contributed by atoms with Gasteiger partial charge in [-0.3, -0.25) is 4.99 Å². The minimum atomic E-state index is -3.05. The van der Waals surface area contributed by atoms with Gasteiger partial charge in [0.1, 0.15) is 5.82 Å². The highest BCUT2D eigenvalue weighted by Crippen LogP contribution is 2.25. The minimum Gasteiger partial charge on any atom is -0.355 e. The van der Waals surface area contributed by atoms with E-state index in [-0.39, 0.29) is 11.8 Å². The summed E-state index contributed by atoms with van der Waals surface area (Å²) in [5.41, 5.74) is 0. The first kappa shape index (κ1) is 19.2. The summed E-state index contributed by atoms with van der Waals surface area (Å²) in [5, 5.41) is 7.24. The van der Waals surface area contributed by atoms with E-state index in [1.54, 1.807) is 13.2 Å². The number of halogens is 1. The summed E-state index contributed by atoms with van der Waals surface area (Å²) in [7, 11) is -1.34. The molecule has 1 aromatic rings. The van der Waals surface area contributed by atoms with Crippen molar-refractivity contribution in [2.24, 2.45) is 4.99 Å². The van der Waals surface area contributed by atoms with Crippen LogP contribution < -0.4 is 15.5 Å². The van der Waals surface area contributed by atoms with Crippen molar-refractivity contribution in [2.75, 3.05) is 50.4 Å². The third kappa shape index (κ3) is 4.57. The van der Waals surface area contributed by atoms with E-state index >= 15 is 0 Å². The predicted molar refractivity (Wildman–Crippen MR) is 104 cm³/mol. The molecule has 1 atom stereocenters. The number of hydrogen-bond acceptors (Lipinski definition) is 5. The molecule has 3 heterocycles. The Morgan fingerprint density at radius 2 is 2.31 bits per heavy atom. The van der Waals surface area contributed by atoms with Crippen LogP contribution in [0.15, 0.2) is 23.3 Å². The maximum absolute atomic E-state index is 11.8. The van der Waals surface area contributed by atoms with E-state index in [0.29, 0.717) is 37.0 Å². The van der Waals surface area contributed by atoms with E-state index in [4.69, 9.17) is 11.6 Å². The van der Waals surface area contributed by atoms with Crippen molar-refractivity contribution in [3.8, 4) is 0 Å². The SMILES string of the molecule is CN=C(NCCN1CCCS1(=O)=O)NC1CCN(c2ncccc2Cl)C1. The van der Waals surface area contributed by atoms with E-state index in [1.807, 2.05) is 12.1 Å². The molecular weight excluding hydrogens is 376 g/mol. The van der Waals surface area contributed by atoms with Crippen LogP contribution in [0.2, 0.25) is 5.02 Å². The number of sulfonamides is 1. The summed E-state index contributed by atoms with van der Waals surface area (Å²) in [6.45, 7) is 3.26. The molecule has 2 fully saturated rings. The zero-order valence-electron chi connectivity index (χ0n) is 14.9. The second-order valence-electron chi connectivity index (χ2n) is 6.45. The highest BCUT2D eigenvalue weighted by molar-refractivity contribution is 7.89. The van der Waals surface area contributed by atoms with Crippen molar-refractivity contribution < 1.29 is 8.42 Å². The van der Waals surface area contributed by atoms with Gasteiger partial charge in [0.25, 0.3) is 0 Å². The molecule has 26 heavy (non-hydrogen) atoms. The maximum atomic E-state index is 11.8. The second kappa shape index (κ2) is 8.41. The van der Waals surface area contributed by atoms with Gasteiger partial charge in [0.05, 0.1) is 10.8 Å². The van der Waals surface area contributed by atoms with Crippen LogP contribution >= 0.6 is 11.6 Å². The van der Waals surface area contributed by atoms with Gasteiger partial charge in [-0.15, -0.1) is 0 Å². The molecule has 0 spiro atoms. The Labute approximate surface area is 159 Å². The predicted octanol–water partition coefficient (Wildman–Crippen LogP) is 0.514. The number of nitrogens with one attached hydrogen (secondary N) is 2. The quantitative estimate of drug-likeness (QED) is 0.553. The van der Waals surface area contributed by atoms with E-state index < -0.39 is 10.0 Å². The maximum Gasteiger partial charge on any atom is 0.214 e. The van der Waals surface area contributed by atoms with Crippen LogP contribution in [0.3, 0.4) is 0 Å². The fourth-order valence-corrected chi connectivity index (χ4v) is 5.08. The van der Waals surface area contributed by atoms with E-state index in [1.165, 1.54) is 4.31 Å². The Balaban J connectivity index is 1.46. The van der Waals surface area contributed by atoms with Gasteiger partial charge >= 0.3 is 0 Å². The van der Waals surface area contributed by atoms with Gasteiger partial charge < -0.3 is 15.5 Å². The van der Waals surface area contributed by atoms with Gasteiger partial charge in [0, 0.05) is 52.0 Å². The van der Waals surface area contributed by atoms with Crippen LogP contribution in [0.5, 0.6) is 0 Å². The number of hydrogen-bond donors (Lipinski definition) is 2. The second-order valence-corrected chi connectivity index (χ2v) is 8.95. The lowest BCUT2D eigenvalue weighted by molar-refractivity contribution is 0.444. The third-order valence-electron chi connectivity index (χ3n) is 4.65. The zero-order valence-corrected chi connectivity index (χ0v) is 16.4. The van der Waals surface area contributed by atoms with Crippen LogP contribution in [-0.4, -0.2) is 75.2 Å². The molecule has 1 aromatic heterocycles. The van der Waals surface area contributed by atoms with E-state index in [2.05, 4.69) is 25.5 Å². The first-order valence-corrected chi connectivity index (χ1v) is 10.8.